The van der Waals surface area contributed by atoms with Crippen molar-refractivity contribution in [3.63, 3.8) is 0 Å². The van der Waals surface area contributed by atoms with Crippen molar-refractivity contribution in [2.45, 2.75) is 0 Å². The molecule has 0 spiro atoms. The van der Waals surface area contributed by atoms with Crippen molar-refractivity contribution in [3.8, 4) is 0 Å². The number of anilines is 1. The maximum absolute atomic E-state index is 10.8. The van der Waals surface area contributed by atoms with Crippen LogP contribution in [0.4, 0.5) is 22.7 Å². The van der Waals surface area contributed by atoms with Crippen molar-refractivity contribution in [2.75, 3.05) is 5.32 Å². The normalized spacial score (nSPS) is 11.4. The average molecular weight is 388 g/mol. The molecule has 0 aliphatic carbocycles. The molecule has 0 radical (unpaired) electrons. The Morgan fingerprint density at radius 1 is 0.793 bits per heavy atom. The second-order valence-corrected chi connectivity index (χ2v) is 5.93. The number of hydrogen-bond donors (Lipinski definition) is 1. The highest BCUT2D eigenvalue weighted by molar-refractivity contribution is 5.90. The van der Waals surface area contributed by atoms with Gasteiger partial charge in [0.15, 0.2) is 0 Å². The van der Waals surface area contributed by atoms with Gasteiger partial charge < -0.3 is 5.32 Å². The van der Waals surface area contributed by atoms with Gasteiger partial charge in [-0.15, -0.1) is 0 Å². The fraction of sp³-hybridized carbons (Fsp3) is 0. The van der Waals surface area contributed by atoms with E-state index in [4.69, 9.17) is 0 Å². The Kier molecular flexibility index (Phi) is 6.06. The average Bonchev–Trinajstić information content (AvgIpc) is 2.74. The van der Waals surface area contributed by atoms with E-state index in [2.05, 4.69) is 10.3 Å². The molecule has 29 heavy (non-hydrogen) atoms. The lowest BCUT2D eigenvalue weighted by Crippen LogP contribution is -1.99. The minimum absolute atomic E-state index is 0.00399. The van der Waals surface area contributed by atoms with Crippen LogP contribution in [0.1, 0.15) is 5.56 Å². The topological polar surface area (TPSA) is 111 Å². The van der Waals surface area contributed by atoms with Crippen LogP contribution in [0.5, 0.6) is 0 Å². The number of non-ortho nitro benzene ring substituents is 2. The van der Waals surface area contributed by atoms with Crippen LogP contribution in [-0.2, 0) is 0 Å². The predicted molar refractivity (Wildman–Crippen MR) is 112 cm³/mol. The molecule has 3 aromatic rings. The Hall–Kier alpha value is -4.33. The van der Waals surface area contributed by atoms with Gasteiger partial charge in [0.1, 0.15) is 0 Å². The SMILES string of the molecule is O=[N+]([O-])c1ccc(N=C/C=C(\Nc2ccc([N+](=O)[O-])cc2)c2ccccc2)cc1. The van der Waals surface area contributed by atoms with E-state index in [1.165, 1.54) is 24.3 Å². The van der Waals surface area contributed by atoms with E-state index in [-0.39, 0.29) is 11.4 Å². The number of nitrogens with one attached hydrogen (secondary N) is 1. The van der Waals surface area contributed by atoms with Crippen LogP contribution in [0.2, 0.25) is 0 Å². The van der Waals surface area contributed by atoms with E-state index in [1.54, 1.807) is 36.6 Å². The van der Waals surface area contributed by atoms with Gasteiger partial charge in [0.2, 0.25) is 0 Å². The fourth-order valence-corrected chi connectivity index (χ4v) is 2.51. The minimum atomic E-state index is -0.463. The van der Waals surface area contributed by atoms with Crippen molar-refractivity contribution in [1.29, 1.82) is 0 Å². The zero-order valence-corrected chi connectivity index (χ0v) is 15.1. The molecule has 0 amide bonds. The van der Waals surface area contributed by atoms with Crippen LogP contribution < -0.4 is 5.32 Å². The third-order valence-electron chi connectivity index (χ3n) is 3.97. The van der Waals surface area contributed by atoms with Crippen molar-refractivity contribution >= 4 is 34.7 Å². The Morgan fingerprint density at radius 2 is 1.34 bits per heavy atom. The first kappa shape index (κ1) is 19.4. The largest absolute Gasteiger partial charge is 0.355 e. The third-order valence-corrected chi connectivity index (χ3v) is 3.97. The highest BCUT2D eigenvalue weighted by atomic mass is 16.6. The summed E-state index contributed by atoms with van der Waals surface area (Å²) in [6.07, 6.45) is 3.35. The van der Waals surface area contributed by atoms with Crippen LogP contribution in [0, 0.1) is 20.2 Å². The molecular formula is C21H16N4O4. The molecule has 0 saturated heterocycles. The van der Waals surface area contributed by atoms with Crippen LogP contribution in [0.25, 0.3) is 5.70 Å². The molecule has 144 valence electrons. The van der Waals surface area contributed by atoms with Gasteiger partial charge in [-0.05, 0) is 35.9 Å². The summed E-state index contributed by atoms with van der Waals surface area (Å²) in [6.45, 7) is 0. The number of hydrogen-bond acceptors (Lipinski definition) is 6. The number of allylic oxidation sites excluding steroid dienone is 1. The lowest BCUT2D eigenvalue weighted by atomic mass is 10.1. The predicted octanol–water partition coefficient (Wildman–Crippen LogP) is 5.36. The van der Waals surface area contributed by atoms with Gasteiger partial charge in [0.05, 0.1) is 15.5 Å². The van der Waals surface area contributed by atoms with E-state index < -0.39 is 9.85 Å². The molecule has 0 fully saturated rings. The summed E-state index contributed by atoms with van der Waals surface area (Å²) < 4.78 is 0. The molecule has 0 bridgehead atoms. The van der Waals surface area contributed by atoms with Gasteiger partial charge in [-0.1, -0.05) is 30.3 Å². The molecular weight excluding hydrogens is 372 g/mol. The van der Waals surface area contributed by atoms with Gasteiger partial charge in [-0.25, -0.2) is 0 Å². The van der Waals surface area contributed by atoms with Crippen LogP contribution >= 0.6 is 0 Å². The van der Waals surface area contributed by atoms with Crippen LogP contribution in [-0.4, -0.2) is 16.1 Å². The molecule has 0 heterocycles. The Labute approximate surface area is 166 Å². The molecule has 0 aromatic heterocycles. The molecule has 3 aromatic carbocycles. The first-order chi connectivity index (χ1) is 14.0. The fourth-order valence-electron chi connectivity index (χ4n) is 2.51. The van der Waals surface area contributed by atoms with Gasteiger partial charge in [-0.3, -0.25) is 25.2 Å². The molecule has 8 nitrogen and oxygen atoms in total. The number of benzene rings is 3. The molecule has 0 aliphatic heterocycles. The van der Waals surface area contributed by atoms with E-state index in [1.807, 2.05) is 30.3 Å². The highest BCUT2D eigenvalue weighted by Gasteiger charge is 2.06. The van der Waals surface area contributed by atoms with Crippen molar-refractivity contribution in [3.05, 3.63) is 111 Å². The highest BCUT2D eigenvalue weighted by Crippen LogP contribution is 2.22. The van der Waals surface area contributed by atoms with Crippen LogP contribution in [0.3, 0.4) is 0 Å². The summed E-state index contributed by atoms with van der Waals surface area (Å²) in [7, 11) is 0. The summed E-state index contributed by atoms with van der Waals surface area (Å²) >= 11 is 0. The zero-order chi connectivity index (χ0) is 20.6. The smallest absolute Gasteiger partial charge is 0.269 e. The second kappa shape index (κ2) is 9.05. The van der Waals surface area contributed by atoms with E-state index in [0.717, 1.165) is 11.3 Å². The van der Waals surface area contributed by atoms with Crippen LogP contribution in [0.15, 0.2) is 89.9 Å². The lowest BCUT2D eigenvalue weighted by Gasteiger charge is -2.10. The van der Waals surface area contributed by atoms with Crippen molar-refractivity contribution < 1.29 is 9.85 Å². The summed E-state index contributed by atoms with van der Waals surface area (Å²) in [5, 5.41) is 24.8. The standard InChI is InChI=1S/C21H16N4O4/c26-24(27)19-10-6-17(7-11-19)22-15-14-21(16-4-2-1-3-5-16)23-18-8-12-20(13-9-18)25(28)29/h1-15,23H/b21-14-,22-15?. The minimum Gasteiger partial charge on any atom is -0.355 e. The zero-order valence-electron chi connectivity index (χ0n) is 15.1. The van der Waals surface area contributed by atoms with E-state index in [0.29, 0.717) is 11.4 Å². The maximum atomic E-state index is 10.8. The molecule has 8 heteroatoms. The second-order valence-electron chi connectivity index (χ2n) is 5.93. The first-order valence-electron chi connectivity index (χ1n) is 8.58. The lowest BCUT2D eigenvalue weighted by molar-refractivity contribution is -0.385. The van der Waals surface area contributed by atoms with E-state index in [9.17, 15) is 20.2 Å². The monoisotopic (exact) mass is 388 g/mol. The molecule has 0 atom stereocenters. The van der Waals surface area contributed by atoms with Crippen molar-refractivity contribution in [1.82, 2.24) is 0 Å². The Bertz CT molecular complexity index is 1060. The number of nitro benzene ring substituents is 2. The summed E-state index contributed by atoms with van der Waals surface area (Å²) in [5.74, 6) is 0. The molecule has 1 N–H and O–H groups in total. The van der Waals surface area contributed by atoms with E-state index >= 15 is 0 Å². The molecule has 0 unspecified atom stereocenters. The summed E-state index contributed by atoms with van der Waals surface area (Å²) in [6, 6.07) is 21.6. The first-order valence-corrected chi connectivity index (χ1v) is 8.58. The number of aliphatic imine (C=N–C) groups is 1. The van der Waals surface area contributed by atoms with Crippen molar-refractivity contribution in [2.24, 2.45) is 4.99 Å². The van der Waals surface area contributed by atoms with Gasteiger partial charge in [-0.2, -0.15) is 0 Å². The number of rotatable bonds is 7. The Balaban J connectivity index is 1.83. The molecule has 0 saturated carbocycles. The summed E-state index contributed by atoms with van der Waals surface area (Å²) in [4.78, 5) is 24.9. The van der Waals surface area contributed by atoms with Gasteiger partial charge in [0, 0.05) is 41.9 Å². The summed E-state index contributed by atoms with van der Waals surface area (Å²) in [5.41, 5.74) is 2.93. The van der Waals surface area contributed by atoms with Gasteiger partial charge >= 0.3 is 0 Å². The molecule has 3 rings (SSSR count). The maximum Gasteiger partial charge on any atom is 0.269 e. The Morgan fingerprint density at radius 3 is 1.90 bits per heavy atom. The molecule has 0 aliphatic rings. The number of nitro groups is 2. The van der Waals surface area contributed by atoms with Gasteiger partial charge in [0.25, 0.3) is 11.4 Å². The number of nitrogens with zero attached hydrogens (tertiary/aromatic N) is 3. The quantitative estimate of drug-likeness (QED) is 0.333. The third kappa shape index (κ3) is 5.33.